The Morgan fingerprint density at radius 2 is 2.00 bits per heavy atom. The maximum Gasteiger partial charge on any atom is 0.00900 e. The number of hydrogen-bond donors (Lipinski definition) is 1. The van der Waals surface area contributed by atoms with Crippen LogP contribution in [0.2, 0.25) is 0 Å². The maximum absolute atomic E-state index is 3.80. The first kappa shape index (κ1) is 11.0. The first-order valence-corrected chi connectivity index (χ1v) is 5.89. The predicted molar refractivity (Wildman–Crippen MR) is 58.9 cm³/mol. The maximum atomic E-state index is 3.80. The van der Waals surface area contributed by atoms with Gasteiger partial charge in [0.15, 0.2) is 0 Å². The fourth-order valence-corrected chi connectivity index (χ4v) is 2.44. The van der Waals surface area contributed by atoms with Crippen LogP contribution in [0.1, 0.15) is 53.4 Å². The Hall–Kier alpha value is -0.0400. The Bertz CT molecular complexity index is 142. The summed E-state index contributed by atoms with van der Waals surface area (Å²) in [4.78, 5) is 0. The molecule has 1 nitrogen and oxygen atoms in total. The Kier molecular flexibility index (Phi) is 4.24. The van der Waals surface area contributed by atoms with Crippen molar-refractivity contribution in [3.05, 3.63) is 0 Å². The molecule has 1 aliphatic rings. The topological polar surface area (TPSA) is 12.0 Å². The van der Waals surface area contributed by atoms with Crippen LogP contribution in [0.25, 0.3) is 0 Å². The zero-order valence-electron chi connectivity index (χ0n) is 9.64. The lowest BCUT2D eigenvalue weighted by Gasteiger charge is -2.25. The Morgan fingerprint density at radius 3 is 2.38 bits per heavy atom. The van der Waals surface area contributed by atoms with Gasteiger partial charge in [-0.1, -0.05) is 27.7 Å². The van der Waals surface area contributed by atoms with Gasteiger partial charge < -0.3 is 5.32 Å². The highest BCUT2D eigenvalue weighted by atomic mass is 15.0. The van der Waals surface area contributed by atoms with Crippen LogP contribution in [0.4, 0.5) is 0 Å². The number of nitrogens with one attached hydrogen (secondary N) is 1. The molecule has 1 heteroatoms. The summed E-state index contributed by atoms with van der Waals surface area (Å²) in [6.07, 6.45) is 5.47. The molecule has 3 atom stereocenters. The van der Waals surface area contributed by atoms with Crippen molar-refractivity contribution in [3.63, 3.8) is 0 Å². The van der Waals surface area contributed by atoms with Gasteiger partial charge in [-0.05, 0) is 37.5 Å². The fraction of sp³-hybridized carbons (Fsp3) is 1.00. The quantitative estimate of drug-likeness (QED) is 0.706. The van der Waals surface area contributed by atoms with E-state index in [2.05, 4.69) is 33.0 Å². The van der Waals surface area contributed by atoms with Crippen LogP contribution in [-0.4, -0.2) is 12.1 Å². The van der Waals surface area contributed by atoms with Gasteiger partial charge in [-0.3, -0.25) is 0 Å². The first-order valence-electron chi connectivity index (χ1n) is 5.89. The lowest BCUT2D eigenvalue weighted by molar-refractivity contribution is 0.340. The molecule has 0 aromatic rings. The van der Waals surface area contributed by atoms with Gasteiger partial charge in [-0.2, -0.15) is 0 Å². The van der Waals surface area contributed by atoms with Crippen molar-refractivity contribution < 1.29 is 0 Å². The molecule has 0 bridgehead atoms. The van der Waals surface area contributed by atoms with Crippen LogP contribution in [0.5, 0.6) is 0 Å². The molecule has 13 heavy (non-hydrogen) atoms. The van der Waals surface area contributed by atoms with Crippen molar-refractivity contribution in [1.29, 1.82) is 0 Å². The molecule has 78 valence electrons. The predicted octanol–water partition coefficient (Wildman–Crippen LogP) is 3.20. The summed E-state index contributed by atoms with van der Waals surface area (Å²) in [6.45, 7) is 9.30. The average Bonchev–Trinajstić information content (AvgIpc) is 2.46. The van der Waals surface area contributed by atoms with E-state index in [9.17, 15) is 0 Å². The fourth-order valence-electron chi connectivity index (χ4n) is 2.44. The van der Waals surface area contributed by atoms with Gasteiger partial charge in [0.1, 0.15) is 0 Å². The third-order valence-electron chi connectivity index (χ3n) is 3.39. The lowest BCUT2D eigenvalue weighted by atomic mass is 10.0. The van der Waals surface area contributed by atoms with Crippen molar-refractivity contribution >= 4 is 0 Å². The lowest BCUT2D eigenvalue weighted by Crippen LogP contribution is -2.39. The highest BCUT2D eigenvalue weighted by Crippen LogP contribution is 2.25. The summed E-state index contributed by atoms with van der Waals surface area (Å²) in [7, 11) is 0. The van der Waals surface area contributed by atoms with Crippen LogP contribution < -0.4 is 5.32 Å². The van der Waals surface area contributed by atoms with E-state index in [1.807, 2.05) is 0 Å². The SMILES string of the molecule is CCC(NC1CCC(C)C1)C(C)C. The third kappa shape index (κ3) is 3.30. The summed E-state index contributed by atoms with van der Waals surface area (Å²) in [5.74, 6) is 1.73. The monoisotopic (exact) mass is 183 g/mol. The molecule has 0 aromatic carbocycles. The van der Waals surface area contributed by atoms with E-state index in [4.69, 9.17) is 0 Å². The standard InChI is InChI=1S/C12H25N/c1-5-12(9(2)3)13-11-7-6-10(4)8-11/h9-13H,5-8H2,1-4H3. The van der Waals surface area contributed by atoms with Crippen LogP contribution in [-0.2, 0) is 0 Å². The first-order chi connectivity index (χ1) is 6.13. The molecular weight excluding hydrogens is 158 g/mol. The second kappa shape index (κ2) is 4.99. The van der Waals surface area contributed by atoms with Gasteiger partial charge >= 0.3 is 0 Å². The van der Waals surface area contributed by atoms with Crippen LogP contribution in [0, 0.1) is 11.8 Å². The van der Waals surface area contributed by atoms with Crippen LogP contribution >= 0.6 is 0 Å². The van der Waals surface area contributed by atoms with E-state index < -0.39 is 0 Å². The molecule has 0 heterocycles. The molecule has 1 N–H and O–H groups in total. The number of rotatable bonds is 4. The largest absolute Gasteiger partial charge is 0.311 e. The molecule has 0 radical (unpaired) electrons. The van der Waals surface area contributed by atoms with E-state index in [0.29, 0.717) is 0 Å². The summed E-state index contributed by atoms with van der Waals surface area (Å²) in [5.41, 5.74) is 0. The van der Waals surface area contributed by atoms with Crippen molar-refractivity contribution in [2.24, 2.45) is 11.8 Å². The smallest absolute Gasteiger partial charge is 0.00900 e. The zero-order valence-corrected chi connectivity index (χ0v) is 9.64. The van der Waals surface area contributed by atoms with Gasteiger partial charge in [0.05, 0.1) is 0 Å². The minimum absolute atomic E-state index is 0.732. The van der Waals surface area contributed by atoms with Gasteiger partial charge in [0.2, 0.25) is 0 Å². The van der Waals surface area contributed by atoms with Gasteiger partial charge in [-0.25, -0.2) is 0 Å². The molecule has 1 rings (SSSR count). The molecule has 3 unspecified atom stereocenters. The van der Waals surface area contributed by atoms with Crippen LogP contribution in [0.15, 0.2) is 0 Å². The van der Waals surface area contributed by atoms with Gasteiger partial charge in [0, 0.05) is 12.1 Å². The second-order valence-electron chi connectivity index (χ2n) is 5.04. The second-order valence-corrected chi connectivity index (χ2v) is 5.04. The Labute approximate surface area is 83.3 Å². The molecule has 0 spiro atoms. The van der Waals surface area contributed by atoms with E-state index in [1.54, 1.807) is 0 Å². The minimum Gasteiger partial charge on any atom is -0.311 e. The highest BCUT2D eigenvalue weighted by Gasteiger charge is 2.23. The summed E-state index contributed by atoms with van der Waals surface area (Å²) >= 11 is 0. The molecule has 1 saturated carbocycles. The Balaban J connectivity index is 2.30. The molecule has 0 aromatic heterocycles. The zero-order chi connectivity index (χ0) is 9.84. The van der Waals surface area contributed by atoms with Crippen molar-refractivity contribution in [2.45, 2.75) is 65.5 Å². The summed E-state index contributed by atoms with van der Waals surface area (Å²) in [6, 6.07) is 1.54. The van der Waals surface area contributed by atoms with Crippen molar-refractivity contribution in [3.8, 4) is 0 Å². The molecule has 0 aliphatic heterocycles. The van der Waals surface area contributed by atoms with E-state index in [-0.39, 0.29) is 0 Å². The van der Waals surface area contributed by atoms with E-state index >= 15 is 0 Å². The highest BCUT2D eigenvalue weighted by molar-refractivity contribution is 4.82. The summed E-state index contributed by atoms with van der Waals surface area (Å²) < 4.78 is 0. The van der Waals surface area contributed by atoms with Gasteiger partial charge in [0.25, 0.3) is 0 Å². The molecular formula is C12H25N. The molecule has 1 fully saturated rings. The summed E-state index contributed by atoms with van der Waals surface area (Å²) in [5, 5.41) is 3.80. The van der Waals surface area contributed by atoms with Gasteiger partial charge in [-0.15, -0.1) is 0 Å². The van der Waals surface area contributed by atoms with E-state index in [1.165, 1.54) is 25.7 Å². The average molecular weight is 183 g/mol. The number of hydrogen-bond acceptors (Lipinski definition) is 1. The Morgan fingerprint density at radius 1 is 1.31 bits per heavy atom. The third-order valence-corrected chi connectivity index (χ3v) is 3.39. The van der Waals surface area contributed by atoms with Crippen molar-refractivity contribution in [1.82, 2.24) is 5.32 Å². The van der Waals surface area contributed by atoms with Crippen molar-refractivity contribution in [2.75, 3.05) is 0 Å². The minimum atomic E-state index is 0.732. The van der Waals surface area contributed by atoms with E-state index in [0.717, 1.165) is 23.9 Å². The molecule has 0 amide bonds. The normalized spacial score (nSPS) is 31.2. The molecule has 1 aliphatic carbocycles. The van der Waals surface area contributed by atoms with Crippen LogP contribution in [0.3, 0.4) is 0 Å². The molecule has 0 saturated heterocycles.